The van der Waals surface area contributed by atoms with E-state index in [1.807, 2.05) is 30.8 Å². The molecule has 2 amide bonds. The summed E-state index contributed by atoms with van der Waals surface area (Å²) >= 11 is 6.72. The summed E-state index contributed by atoms with van der Waals surface area (Å²) in [6.07, 6.45) is 8.33. The minimum Gasteiger partial charge on any atom is -0.475 e. The van der Waals surface area contributed by atoms with E-state index in [9.17, 15) is 4.79 Å². The molecule has 4 aliphatic rings. The number of ether oxygens (including phenoxy) is 3. The van der Waals surface area contributed by atoms with Crippen LogP contribution < -0.4 is 19.9 Å². The third kappa shape index (κ3) is 4.79. The molecule has 0 radical (unpaired) electrons. The van der Waals surface area contributed by atoms with Crippen molar-refractivity contribution in [1.82, 2.24) is 19.7 Å². The number of nitrogens with zero attached hydrogens (tertiary/aromatic N) is 6. The van der Waals surface area contributed by atoms with Crippen LogP contribution in [-0.2, 0) is 9.47 Å². The molecule has 0 aromatic carbocycles. The highest BCUT2D eigenvalue weighted by molar-refractivity contribution is 6.33. The van der Waals surface area contributed by atoms with Crippen molar-refractivity contribution in [2.75, 3.05) is 41.4 Å². The number of rotatable bonds is 6. The highest BCUT2D eigenvalue weighted by atomic mass is 35.5. The summed E-state index contributed by atoms with van der Waals surface area (Å²) in [6, 6.07) is 5.57. The molecule has 6 heterocycles. The number of amides is 2. The zero-order valence-electron chi connectivity index (χ0n) is 21.8. The van der Waals surface area contributed by atoms with Crippen molar-refractivity contribution in [2.45, 2.75) is 57.1 Å². The zero-order valence-corrected chi connectivity index (χ0v) is 22.6. The van der Waals surface area contributed by atoms with Crippen molar-refractivity contribution < 1.29 is 19.0 Å². The standard InChI is InChI=1S/C27H30ClN7O4/c1-27(2)38-15-20(39-27)14-37-23-9-17(5-7-29-23)31-26(36)35-19-6-8-33(13-19)22-10-21(28)24(32-25(22)35)16-11-30-34(12-16)18-3-4-18/h5,7,9-12,18-20H,3-4,6,8,13-15H2,1-2H3,(H,29,31,36)/t19?,20-/m1/s1. The predicted molar refractivity (Wildman–Crippen MR) is 145 cm³/mol. The fourth-order valence-electron chi connectivity index (χ4n) is 5.46. The third-order valence-electron chi connectivity index (χ3n) is 7.52. The molecule has 204 valence electrons. The van der Waals surface area contributed by atoms with Gasteiger partial charge in [0.2, 0.25) is 5.88 Å². The van der Waals surface area contributed by atoms with Crippen LogP contribution >= 0.6 is 11.6 Å². The fraction of sp³-hybridized carbons (Fsp3) is 0.481. The SMILES string of the molecule is CC1(C)OC[C@@H](COc2cc(NC(=O)N3c4nc(-c5cnn(C6CC6)c5)c(Cl)cc4N4CCC3C4)ccn2)O1. The lowest BCUT2D eigenvalue weighted by Crippen LogP contribution is -2.48. The van der Waals surface area contributed by atoms with Gasteiger partial charge in [-0.1, -0.05) is 11.6 Å². The number of nitrogens with one attached hydrogen (secondary N) is 1. The minimum atomic E-state index is -0.617. The Hall–Kier alpha value is -3.41. The summed E-state index contributed by atoms with van der Waals surface area (Å²) in [6.45, 7) is 6.08. The van der Waals surface area contributed by atoms with Crippen LogP contribution in [0.4, 0.5) is 22.0 Å². The molecule has 7 rings (SSSR count). The molecule has 1 N–H and O–H groups in total. The average Bonchev–Trinajstić information content (AvgIpc) is 3.32. The molecule has 2 saturated heterocycles. The Kier molecular flexibility index (Phi) is 5.91. The molecule has 3 aromatic heterocycles. The molecule has 3 aliphatic heterocycles. The Balaban J connectivity index is 1.12. The van der Waals surface area contributed by atoms with Gasteiger partial charge in [-0.2, -0.15) is 5.10 Å². The molecule has 1 saturated carbocycles. The maximum atomic E-state index is 13.7. The number of hydrogen-bond donors (Lipinski definition) is 1. The van der Waals surface area contributed by atoms with E-state index in [0.29, 0.717) is 47.4 Å². The van der Waals surface area contributed by atoms with E-state index in [4.69, 9.17) is 30.8 Å². The Bertz CT molecular complexity index is 1420. The van der Waals surface area contributed by atoms with Gasteiger partial charge in [0.15, 0.2) is 11.6 Å². The van der Waals surface area contributed by atoms with Crippen LogP contribution in [-0.4, -0.2) is 70.0 Å². The summed E-state index contributed by atoms with van der Waals surface area (Å²) in [7, 11) is 0. The minimum absolute atomic E-state index is 0.00800. The quantitative estimate of drug-likeness (QED) is 0.477. The van der Waals surface area contributed by atoms with Crippen LogP contribution in [0.2, 0.25) is 5.02 Å². The number of halogens is 1. The highest BCUT2D eigenvalue weighted by Gasteiger charge is 2.41. The lowest BCUT2D eigenvalue weighted by molar-refractivity contribution is -0.141. The second kappa shape index (κ2) is 9.35. The number of aromatic nitrogens is 4. The number of carbonyl (C=O) groups is 1. The number of hydrogen-bond acceptors (Lipinski definition) is 8. The second-order valence-electron chi connectivity index (χ2n) is 10.9. The van der Waals surface area contributed by atoms with Crippen molar-refractivity contribution in [2.24, 2.45) is 0 Å². The number of pyridine rings is 2. The van der Waals surface area contributed by atoms with E-state index in [-0.39, 0.29) is 18.2 Å². The Morgan fingerprint density at radius 2 is 2.13 bits per heavy atom. The molecule has 3 aromatic rings. The molecule has 1 aliphatic carbocycles. The Morgan fingerprint density at radius 1 is 1.26 bits per heavy atom. The molecule has 0 spiro atoms. The van der Waals surface area contributed by atoms with Gasteiger partial charge in [0, 0.05) is 42.8 Å². The van der Waals surface area contributed by atoms with E-state index >= 15 is 0 Å². The van der Waals surface area contributed by atoms with Crippen LogP contribution in [0, 0.1) is 0 Å². The van der Waals surface area contributed by atoms with Crippen molar-refractivity contribution in [1.29, 1.82) is 0 Å². The summed E-state index contributed by atoms with van der Waals surface area (Å²) in [4.78, 5) is 26.9. The van der Waals surface area contributed by atoms with Crippen molar-refractivity contribution >= 4 is 34.8 Å². The number of urea groups is 1. The zero-order chi connectivity index (χ0) is 26.7. The van der Waals surface area contributed by atoms with Gasteiger partial charge in [0.25, 0.3) is 0 Å². The van der Waals surface area contributed by atoms with Crippen LogP contribution in [0.5, 0.6) is 5.88 Å². The first-order chi connectivity index (χ1) is 18.8. The first-order valence-electron chi connectivity index (χ1n) is 13.3. The van der Waals surface area contributed by atoms with Crippen LogP contribution in [0.25, 0.3) is 11.3 Å². The lowest BCUT2D eigenvalue weighted by atomic mass is 10.1. The summed E-state index contributed by atoms with van der Waals surface area (Å²) < 4.78 is 19.2. The molecular formula is C27H30ClN7O4. The normalized spacial score (nSPS) is 23.2. The van der Waals surface area contributed by atoms with E-state index in [1.165, 1.54) is 0 Å². The van der Waals surface area contributed by atoms with Gasteiger partial charge in [0.05, 0.1) is 41.3 Å². The van der Waals surface area contributed by atoms with Crippen molar-refractivity contribution in [3.8, 4) is 17.1 Å². The highest BCUT2D eigenvalue weighted by Crippen LogP contribution is 2.43. The summed E-state index contributed by atoms with van der Waals surface area (Å²) in [5.41, 5.74) is 2.92. The summed E-state index contributed by atoms with van der Waals surface area (Å²) in [5.74, 6) is 0.381. The topological polar surface area (TPSA) is 107 Å². The van der Waals surface area contributed by atoms with Gasteiger partial charge in [-0.05, 0) is 45.2 Å². The number of anilines is 3. The van der Waals surface area contributed by atoms with E-state index in [0.717, 1.165) is 43.6 Å². The molecule has 12 heteroatoms. The molecular weight excluding hydrogens is 522 g/mol. The van der Waals surface area contributed by atoms with Gasteiger partial charge in [-0.3, -0.25) is 9.58 Å². The van der Waals surface area contributed by atoms with E-state index in [2.05, 4.69) is 20.3 Å². The predicted octanol–water partition coefficient (Wildman–Crippen LogP) is 4.49. The maximum Gasteiger partial charge on any atom is 0.327 e. The number of carbonyl (C=O) groups excluding carboxylic acids is 1. The lowest BCUT2D eigenvalue weighted by Gasteiger charge is -2.36. The first kappa shape index (κ1) is 24.6. The van der Waals surface area contributed by atoms with E-state index in [1.54, 1.807) is 29.4 Å². The van der Waals surface area contributed by atoms with Gasteiger partial charge >= 0.3 is 6.03 Å². The van der Waals surface area contributed by atoms with Crippen molar-refractivity contribution in [3.05, 3.63) is 41.8 Å². The average molecular weight is 552 g/mol. The Morgan fingerprint density at radius 3 is 2.92 bits per heavy atom. The molecule has 2 atom stereocenters. The van der Waals surface area contributed by atoms with Crippen LogP contribution in [0.3, 0.4) is 0 Å². The van der Waals surface area contributed by atoms with Gasteiger partial charge in [-0.25, -0.2) is 14.8 Å². The van der Waals surface area contributed by atoms with Crippen LogP contribution in [0.15, 0.2) is 36.8 Å². The monoisotopic (exact) mass is 551 g/mol. The largest absolute Gasteiger partial charge is 0.475 e. The van der Waals surface area contributed by atoms with Gasteiger partial charge in [-0.15, -0.1) is 0 Å². The van der Waals surface area contributed by atoms with Gasteiger partial charge in [0.1, 0.15) is 12.7 Å². The molecule has 3 fully saturated rings. The van der Waals surface area contributed by atoms with Crippen molar-refractivity contribution in [3.63, 3.8) is 0 Å². The smallest absolute Gasteiger partial charge is 0.327 e. The van der Waals surface area contributed by atoms with Crippen LogP contribution in [0.1, 0.15) is 39.2 Å². The molecule has 1 unspecified atom stereocenters. The third-order valence-corrected chi connectivity index (χ3v) is 7.81. The fourth-order valence-corrected chi connectivity index (χ4v) is 5.72. The number of fused-ring (bicyclic) bond motifs is 4. The van der Waals surface area contributed by atoms with E-state index < -0.39 is 5.79 Å². The first-order valence-corrected chi connectivity index (χ1v) is 13.7. The molecule has 2 bridgehead atoms. The molecule has 11 nitrogen and oxygen atoms in total. The summed E-state index contributed by atoms with van der Waals surface area (Å²) in [5, 5.41) is 8.07. The maximum absolute atomic E-state index is 13.7. The van der Waals surface area contributed by atoms with Gasteiger partial charge < -0.3 is 24.4 Å². The second-order valence-corrected chi connectivity index (χ2v) is 11.3. The Labute approximate surface area is 231 Å². The molecule has 39 heavy (non-hydrogen) atoms.